The van der Waals surface area contributed by atoms with Crippen LogP contribution in [0.1, 0.15) is 33.6 Å². The molecule has 1 fully saturated rings. The first-order valence-corrected chi connectivity index (χ1v) is 4.66. The Kier molecular flexibility index (Phi) is 3.98. The van der Waals surface area contributed by atoms with Crippen LogP contribution in [0.25, 0.3) is 0 Å². The van der Waals surface area contributed by atoms with Crippen LogP contribution in [0.5, 0.6) is 0 Å². The Balaban J connectivity index is 2.10. The van der Waals surface area contributed by atoms with Gasteiger partial charge in [-0.3, -0.25) is 0 Å². The Morgan fingerprint density at radius 1 is 1.17 bits per heavy atom. The molecule has 12 heavy (non-hydrogen) atoms. The number of unbranched alkanes of at least 4 members (excludes halogenated alkanes) is 1. The van der Waals surface area contributed by atoms with Crippen molar-refractivity contribution in [3.63, 3.8) is 0 Å². The summed E-state index contributed by atoms with van der Waals surface area (Å²) in [6, 6.07) is 0. The summed E-state index contributed by atoms with van der Waals surface area (Å²) in [6.45, 7) is 6.41. The summed E-state index contributed by atoms with van der Waals surface area (Å²) in [6.07, 6.45) is 2.50. The average molecular weight is 174 g/mol. The molecular weight excluding hydrogens is 156 g/mol. The SMILES string of the molecule is CCCCOC1OC(C)C(C)O1. The van der Waals surface area contributed by atoms with Crippen molar-refractivity contribution in [2.45, 2.75) is 52.3 Å². The lowest BCUT2D eigenvalue weighted by Gasteiger charge is -2.09. The van der Waals surface area contributed by atoms with Gasteiger partial charge in [0.2, 0.25) is 0 Å². The van der Waals surface area contributed by atoms with Crippen molar-refractivity contribution in [1.29, 1.82) is 0 Å². The van der Waals surface area contributed by atoms with Gasteiger partial charge in [0.25, 0.3) is 6.48 Å². The van der Waals surface area contributed by atoms with Gasteiger partial charge in [0.15, 0.2) is 0 Å². The fraction of sp³-hybridized carbons (Fsp3) is 1.00. The van der Waals surface area contributed by atoms with Crippen LogP contribution in [0.3, 0.4) is 0 Å². The smallest absolute Gasteiger partial charge is 0.272 e. The van der Waals surface area contributed by atoms with Crippen LogP contribution in [-0.2, 0) is 14.2 Å². The van der Waals surface area contributed by atoms with Gasteiger partial charge in [-0.15, -0.1) is 0 Å². The molecule has 0 aromatic heterocycles. The second kappa shape index (κ2) is 4.80. The van der Waals surface area contributed by atoms with Crippen molar-refractivity contribution in [2.24, 2.45) is 0 Å². The van der Waals surface area contributed by atoms with E-state index in [0.29, 0.717) is 0 Å². The molecule has 0 bridgehead atoms. The van der Waals surface area contributed by atoms with Crippen molar-refractivity contribution in [1.82, 2.24) is 0 Å². The summed E-state index contributed by atoms with van der Waals surface area (Å²) in [4.78, 5) is 0. The second-order valence-corrected chi connectivity index (χ2v) is 3.20. The lowest BCUT2D eigenvalue weighted by molar-refractivity contribution is -0.241. The summed E-state index contributed by atoms with van der Waals surface area (Å²) in [5, 5.41) is 0. The minimum absolute atomic E-state index is 0.150. The van der Waals surface area contributed by atoms with Crippen molar-refractivity contribution < 1.29 is 14.2 Å². The molecule has 1 rings (SSSR count). The van der Waals surface area contributed by atoms with Crippen molar-refractivity contribution >= 4 is 0 Å². The van der Waals surface area contributed by atoms with Gasteiger partial charge in [0.05, 0.1) is 18.8 Å². The Morgan fingerprint density at radius 3 is 2.25 bits per heavy atom. The molecule has 0 radical (unpaired) electrons. The van der Waals surface area contributed by atoms with Crippen LogP contribution in [-0.4, -0.2) is 25.3 Å². The molecule has 0 saturated carbocycles. The summed E-state index contributed by atoms with van der Waals surface area (Å²) < 4.78 is 16.1. The van der Waals surface area contributed by atoms with E-state index >= 15 is 0 Å². The second-order valence-electron chi connectivity index (χ2n) is 3.20. The zero-order valence-corrected chi connectivity index (χ0v) is 8.08. The third-order valence-corrected chi connectivity index (χ3v) is 2.06. The van der Waals surface area contributed by atoms with Gasteiger partial charge >= 0.3 is 0 Å². The third kappa shape index (κ3) is 2.73. The fourth-order valence-corrected chi connectivity index (χ4v) is 1.01. The molecule has 72 valence electrons. The van der Waals surface area contributed by atoms with E-state index in [1.165, 1.54) is 0 Å². The quantitative estimate of drug-likeness (QED) is 0.609. The molecule has 2 atom stereocenters. The molecule has 2 unspecified atom stereocenters. The van der Waals surface area contributed by atoms with Gasteiger partial charge in [0, 0.05) is 0 Å². The first kappa shape index (κ1) is 9.96. The minimum atomic E-state index is -0.429. The number of ether oxygens (including phenoxy) is 3. The van der Waals surface area contributed by atoms with E-state index in [-0.39, 0.29) is 12.2 Å². The molecule has 1 saturated heterocycles. The summed E-state index contributed by atoms with van der Waals surface area (Å²) in [7, 11) is 0. The summed E-state index contributed by atoms with van der Waals surface area (Å²) in [5.74, 6) is 0. The molecule has 1 aliphatic rings. The summed E-state index contributed by atoms with van der Waals surface area (Å²) in [5.41, 5.74) is 0. The average Bonchev–Trinajstić information content (AvgIpc) is 2.32. The molecule has 0 aliphatic carbocycles. The van der Waals surface area contributed by atoms with Crippen molar-refractivity contribution in [2.75, 3.05) is 6.61 Å². The maximum Gasteiger partial charge on any atom is 0.272 e. The van der Waals surface area contributed by atoms with Crippen LogP contribution in [0.4, 0.5) is 0 Å². The molecule has 0 spiro atoms. The maximum atomic E-state index is 5.38. The van der Waals surface area contributed by atoms with E-state index in [4.69, 9.17) is 14.2 Å². The Hall–Kier alpha value is -0.120. The van der Waals surface area contributed by atoms with Gasteiger partial charge in [-0.25, -0.2) is 0 Å². The fourth-order valence-electron chi connectivity index (χ4n) is 1.01. The Labute approximate surface area is 74.0 Å². The van der Waals surface area contributed by atoms with Gasteiger partial charge in [-0.05, 0) is 20.3 Å². The highest BCUT2D eigenvalue weighted by molar-refractivity contribution is 4.65. The molecular formula is C9H18O3. The Morgan fingerprint density at radius 2 is 1.75 bits per heavy atom. The van der Waals surface area contributed by atoms with E-state index in [0.717, 1.165) is 19.4 Å². The lowest BCUT2D eigenvalue weighted by Crippen LogP contribution is -2.14. The van der Waals surface area contributed by atoms with Crippen molar-refractivity contribution in [3.8, 4) is 0 Å². The summed E-state index contributed by atoms with van der Waals surface area (Å²) >= 11 is 0. The van der Waals surface area contributed by atoms with Gasteiger partial charge in [-0.2, -0.15) is 0 Å². The molecule has 0 aromatic rings. The highest BCUT2D eigenvalue weighted by Gasteiger charge is 2.29. The Bertz CT molecular complexity index is 117. The predicted molar refractivity (Wildman–Crippen MR) is 45.7 cm³/mol. The molecule has 1 aliphatic heterocycles. The molecule has 3 heteroatoms. The number of rotatable bonds is 4. The largest absolute Gasteiger partial charge is 0.330 e. The van der Waals surface area contributed by atoms with Crippen molar-refractivity contribution in [3.05, 3.63) is 0 Å². The zero-order chi connectivity index (χ0) is 8.97. The predicted octanol–water partition coefficient (Wildman–Crippen LogP) is 1.91. The monoisotopic (exact) mass is 174 g/mol. The number of hydrogen-bond donors (Lipinski definition) is 0. The lowest BCUT2D eigenvalue weighted by atomic mass is 10.3. The van der Waals surface area contributed by atoms with Crippen LogP contribution in [0, 0.1) is 0 Å². The van der Waals surface area contributed by atoms with Crippen LogP contribution < -0.4 is 0 Å². The third-order valence-electron chi connectivity index (χ3n) is 2.06. The van der Waals surface area contributed by atoms with E-state index in [1.54, 1.807) is 0 Å². The van der Waals surface area contributed by atoms with E-state index in [9.17, 15) is 0 Å². The first-order chi connectivity index (χ1) is 5.74. The molecule has 1 heterocycles. The molecule has 3 nitrogen and oxygen atoms in total. The standard InChI is InChI=1S/C9H18O3/c1-4-5-6-10-9-11-7(2)8(3)12-9/h7-9H,4-6H2,1-3H3. The van der Waals surface area contributed by atoms with Gasteiger partial charge in [-0.1, -0.05) is 13.3 Å². The molecule has 0 amide bonds. The van der Waals surface area contributed by atoms with Gasteiger partial charge < -0.3 is 14.2 Å². The topological polar surface area (TPSA) is 27.7 Å². The molecule has 0 aromatic carbocycles. The van der Waals surface area contributed by atoms with Crippen LogP contribution in [0.15, 0.2) is 0 Å². The van der Waals surface area contributed by atoms with Crippen LogP contribution >= 0.6 is 0 Å². The highest BCUT2D eigenvalue weighted by Crippen LogP contribution is 2.18. The normalized spacial score (nSPS) is 35.8. The van der Waals surface area contributed by atoms with Gasteiger partial charge in [0.1, 0.15) is 0 Å². The molecule has 0 N–H and O–H groups in total. The van der Waals surface area contributed by atoms with E-state index < -0.39 is 6.48 Å². The first-order valence-electron chi connectivity index (χ1n) is 4.66. The van der Waals surface area contributed by atoms with Crippen LogP contribution in [0.2, 0.25) is 0 Å². The van der Waals surface area contributed by atoms with E-state index in [1.807, 2.05) is 13.8 Å². The minimum Gasteiger partial charge on any atom is -0.330 e. The van der Waals surface area contributed by atoms with E-state index in [2.05, 4.69) is 6.92 Å². The number of hydrogen-bond acceptors (Lipinski definition) is 3. The zero-order valence-electron chi connectivity index (χ0n) is 8.08. The highest BCUT2D eigenvalue weighted by atomic mass is 16.9. The maximum absolute atomic E-state index is 5.38.